The van der Waals surface area contributed by atoms with Crippen LogP contribution in [0.15, 0.2) is 29.8 Å². The monoisotopic (exact) mass is 337 g/mol. The molecule has 0 aliphatic carbocycles. The number of rotatable bonds is 3. The molecule has 1 aromatic carbocycles. The highest BCUT2D eigenvalue weighted by Gasteiger charge is 2.17. The van der Waals surface area contributed by atoms with E-state index in [1.807, 2.05) is 44.2 Å². The molecule has 1 aromatic heterocycles. The first-order valence-corrected chi connectivity index (χ1v) is 7.84. The van der Waals surface area contributed by atoms with Crippen LogP contribution in [0.5, 0.6) is 11.5 Å². The third-order valence-electron chi connectivity index (χ3n) is 4.14. The van der Waals surface area contributed by atoms with Crippen molar-refractivity contribution in [2.75, 3.05) is 20.9 Å². The van der Waals surface area contributed by atoms with Crippen LogP contribution in [0.2, 0.25) is 0 Å². The number of hydrogen-bond acceptors (Lipinski definition) is 4. The summed E-state index contributed by atoms with van der Waals surface area (Å²) in [5.74, 6) is 1.13. The summed E-state index contributed by atoms with van der Waals surface area (Å²) in [6, 6.07) is 9.70. The van der Waals surface area contributed by atoms with Gasteiger partial charge in [0, 0.05) is 37.2 Å². The van der Waals surface area contributed by atoms with Crippen LogP contribution in [-0.4, -0.2) is 36.3 Å². The van der Waals surface area contributed by atoms with E-state index in [1.165, 1.54) is 4.90 Å². The Bertz CT molecular complexity index is 917. The third-order valence-corrected chi connectivity index (χ3v) is 4.14. The van der Waals surface area contributed by atoms with E-state index >= 15 is 0 Å². The van der Waals surface area contributed by atoms with Crippen molar-refractivity contribution in [3.05, 3.63) is 46.8 Å². The molecule has 128 valence electrons. The number of amides is 1. The molecular weight excluding hydrogens is 318 g/mol. The Balaban J connectivity index is 2.05. The van der Waals surface area contributed by atoms with Gasteiger partial charge in [-0.05, 0) is 43.7 Å². The largest absolute Gasteiger partial charge is 0.454 e. The summed E-state index contributed by atoms with van der Waals surface area (Å²) in [5.41, 5.74) is 3.82. The number of carbonyl (C=O) groups is 1. The summed E-state index contributed by atoms with van der Waals surface area (Å²) in [4.78, 5) is 13.5. The molecule has 0 saturated carbocycles. The number of ether oxygens (including phenoxy) is 2. The predicted octanol–water partition coefficient (Wildman–Crippen LogP) is 2.82. The van der Waals surface area contributed by atoms with Gasteiger partial charge < -0.3 is 18.9 Å². The van der Waals surface area contributed by atoms with Gasteiger partial charge in [-0.25, -0.2) is 0 Å². The van der Waals surface area contributed by atoms with Crippen molar-refractivity contribution in [1.82, 2.24) is 9.47 Å². The van der Waals surface area contributed by atoms with Crippen molar-refractivity contribution in [2.45, 2.75) is 13.8 Å². The maximum atomic E-state index is 12.1. The normalized spacial score (nSPS) is 12.8. The number of nitrogens with zero attached hydrogens (tertiary/aromatic N) is 3. The highest BCUT2D eigenvalue weighted by atomic mass is 16.7. The molecule has 0 radical (unpaired) electrons. The molecule has 25 heavy (non-hydrogen) atoms. The number of aryl methyl sites for hydroxylation is 1. The average molecular weight is 337 g/mol. The lowest BCUT2D eigenvalue weighted by atomic mass is 10.1. The first-order chi connectivity index (χ1) is 11.9. The number of nitriles is 1. The molecule has 2 heterocycles. The van der Waals surface area contributed by atoms with Gasteiger partial charge in [-0.2, -0.15) is 5.26 Å². The van der Waals surface area contributed by atoms with Gasteiger partial charge in [0.05, 0.1) is 0 Å². The van der Waals surface area contributed by atoms with Crippen LogP contribution in [0.4, 0.5) is 0 Å². The number of aromatic nitrogens is 1. The van der Waals surface area contributed by atoms with E-state index in [4.69, 9.17) is 9.47 Å². The number of fused-ring (bicyclic) bond motifs is 1. The second-order valence-corrected chi connectivity index (χ2v) is 6.07. The second-order valence-electron chi connectivity index (χ2n) is 6.07. The van der Waals surface area contributed by atoms with Gasteiger partial charge in [0.25, 0.3) is 5.91 Å². The van der Waals surface area contributed by atoms with E-state index < -0.39 is 0 Å². The molecule has 0 saturated heterocycles. The van der Waals surface area contributed by atoms with E-state index in [0.29, 0.717) is 5.75 Å². The van der Waals surface area contributed by atoms with Crippen molar-refractivity contribution in [3.8, 4) is 23.3 Å². The molecule has 1 amide bonds. The topological polar surface area (TPSA) is 67.5 Å². The van der Waals surface area contributed by atoms with Crippen LogP contribution in [0, 0.1) is 25.2 Å². The van der Waals surface area contributed by atoms with Crippen molar-refractivity contribution in [2.24, 2.45) is 0 Å². The lowest BCUT2D eigenvalue weighted by Crippen LogP contribution is -2.22. The standard InChI is InChI=1S/C19H19N3O3/c1-12-7-14(8-15(10-20)19(23)21(3)4)13(2)22(12)16-5-6-17-18(9-16)25-11-24-17/h5-9H,11H2,1-4H3. The predicted molar refractivity (Wildman–Crippen MR) is 93.7 cm³/mol. The zero-order chi connectivity index (χ0) is 18.1. The fourth-order valence-electron chi connectivity index (χ4n) is 2.89. The smallest absolute Gasteiger partial charge is 0.264 e. The Hall–Kier alpha value is -3.20. The number of likely N-dealkylation sites (N-methyl/N-ethyl adjacent to an activating group) is 1. The fourth-order valence-corrected chi connectivity index (χ4v) is 2.89. The minimum Gasteiger partial charge on any atom is -0.454 e. The highest BCUT2D eigenvalue weighted by molar-refractivity contribution is 6.01. The van der Waals surface area contributed by atoms with E-state index in [1.54, 1.807) is 20.2 Å². The van der Waals surface area contributed by atoms with Crippen molar-refractivity contribution < 1.29 is 14.3 Å². The fraction of sp³-hybridized carbons (Fsp3) is 0.263. The second kappa shape index (κ2) is 6.36. The SMILES string of the molecule is Cc1cc(C=C(C#N)C(=O)N(C)C)c(C)n1-c1ccc2c(c1)OCO2. The van der Waals surface area contributed by atoms with Crippen LogP contribution >= 0.6 is 0 Å². The minimum absolute atomic E-state index is 0.107. The van der Waals surface area contributed by atoms with E-state index in [9.17, 15) is 10.1 Å². The molecule has 0 spiro atoms. The van der Waals surface area contributed by atoms with Gasteiger partial charge in [0.2, 0.25) is 6.79 Å². The molecule has 0 unspecified atom stereocenters. The molecule has 1 aliphatic heterocycles. The minimum atomic E-state index is -0.310. The maximum absolute atomic E-state index is 12.1. The summed E-state index contributed by atoms with van der Waals surface area (Å²) < 4.78 is 12.9. The van der Waals surface area contributed by atoms with Gasteiger partial charge in [-0.1, -0.05) is 0 Å². The molecule has 0 N–H and O–H groups in total. The number of hydrogen-bond donors (Lipinski definition) is 0. The Labute approximate surface area is 146 Å². The molecule has 0 fully saturated rings. The van der Waals surface area contributed by atoms with Gasteiger partial charge in [0.1, 0.15) is 11.6 Å². The van der Waals surface area contributed by atoms with Crippen molar-refractivity contribution in [3.63, 3.8) is 0 Å². The van der Waals surface area contributed by atoms with Crippen molar-refractivity contribution in [1.29, 1.82) is 5.26 Å². The highest BCUT2D eigenvalue weighted by Crippen LogP contribution is 2.35. The molecule has 0 atom stereocenters. The Kier molecular flexibility index (Phi) is 4.24. The zero-order valence-corrected chi connectivity index (χ0v) is 14.7. The maximum Gasteiger partial charge on any atom is 0.264 e. The first kappa shape index (κ1) is 16.7. The molecule has 6 nitrogen and oxygen atoms in total. The summed E-state index contributed by atoms with van der Waals surface area (Å²) >= 11 is 0. The number of carbonyl (C=O) groups excluding carboxylic acids is 1. The third kappa shape index (κ3) is 2.96. The summed E-state index contributed by atoms with van der Waals surface area (Å²) in [5, 5.41) is 9.29. The Morgan fingerprint density at radius 3 is 2.64 bits per heavy atom. The van der Waals surface area contributed by atoms with E-state index in [0.717, 1.165) is 28.4 Å². The van der Waals surface area contributed by atoms with Crippen LogP contribution in [0.3, 0.4) is 0 Å². The van der Waals surface area contributed by atoms with Gasteiger partial charge in [-0.3, -0.25) is 4.79 Å². The molecule has 6 heteroatoms. The quantitative estimate of drug-likeness (QED) is 0.638. The lowest BCUT2D eigenvalue weighted by Gasteiger charge is -2.11. The van der Waals surface area contributed by atoms with Crippen LogP contribution in [-0.2, 0) is 4.79 Å². The van der Waals surface area contributed by atoms with Crippen LogP contribution in [0.25, 0.3) is 11.8 Å². The van der Waals surface area contributed by atoms with Gasteiger partial charge in [0.15, 0.2) is 11.5 Å². The molecule has 1 aliphatic rings. The van der Waals surface area contributed by atoms with E-state index in [2.05, 4.69) is 4.57 Å². The lowest BCUT2D eigenvalue weighted by molar-refractivity contribution is -0.124. The Morgan fingerprint density at radius 2 is 1.96 bits per heavy atom. The number of benzene rings is 1. The van der Waals surface area contributed by atoms with Gasteiger partial charge in [-0.15, -0.1) is 0 Å². The molecular formula is C19H19N3O3. The van der Waals surface area contributed by atoms with Crippen molar-refractivity contribution >= 4 is 12.0 Å². The molecule has 2 aromatic rings. The van der Waals surface area contributed by atoms with Crippen LogP contribution < -0.4 is 9.47 Å². The first-order valence-electron chi connectivity index (χ1n) is 7.84. The zero-order valence-electron chi connectivity index (χ0n) is 14.7. The molecule has 3 rings (SSSR count). The summed E-state index contributed by atoms with van der Waals surface area (Å²) in [6.45, 7) is 4.17. The van der Waals surface area contributed by atoms with Crippen LogP contribution in [0.1, 0.15) is 17.0 Å². The molecule has 0 bridgehead atoms. The Morgan fingerprint density at radius 1 is 1.24 bits per heavy atom. The van der Waals surface area contributed by atoms with Gasteiger partial charge >= 0.3 is 0 Å². The summed E-state index contributed by atoms with van der Waals surface area (Å²) in [6.07, 6.45) is 1.63. The summed E-state index contributed by atoms with van der Waals surface area (Å²) in [7, 11) is 3.26. The average Bonchev–Trinajstić information content (AvgIpc) is 3.15. The van der Waals surface area contributed by atoms with E-state index in [-0.39, 0.29) is 18.3 Å².